The van der Waals surface area contributed by atoms with Crippen molar-refractivity contribution in [1.29, 1.82) is 0 Å². The number of hydrogen-bond donors (Lipinski definition) is 1. The van der Waals surface area contributed by atoms with E-state index in [4.69, 9.17) is 9.47 Å². The molecule has 1 aliphatic rings. The van der Waals surface area contributed by atoms with Gasteiger partial charge in [-0.15, -0.1) is 0 Å². The molecule has 2 aromatic rings. The number of amides is 2. The Morgan fingerprint density at radius 1 is 1.12 bits per heavy atom. The van der Waals surface area contributed by atoms with E-state index in [1.807, 2.05) is 31.2 Å². The number of nitrogens with one attached hydrogen (secondary N) is 1. The first-order chi connectivity index (χ1) is 15.5. The molecule has 6 nitrogen and oxygen atoms in total. The van der Waals surface area contributed by atoms with Crippen molar-refractivity contribution in [2.45, 2.75) is 57.7 Å². The van der Waals surface area contributed by atoms with Crippen molar-refractivity contribution in [3.05, 3.63) is 59.9 Å². The average Bonchev–Trinajstić information content (AvgIpc) is 3.31. The summed E-state index contributed by atoms with van der Waals surface area (Å²) in [7, 11) is 1.59. The zero-order valence-electron chi connectivity index (χ0n) is 18.7. The van der Waals surface area contributed by atoms with Crippen LogP contribution in [0.1, 0.15) is 44.6 Å². The number of carbonyl (C=O) groups is 2. The number of nitrogens with zero attached hydrogens (tertiary/aromatic N) is 1. The zero-order chi connectivity index (χ0) is 22.9. The molecule has 2 amide bonds. The first kappa shape index (κ1) is 23.6. The van der Waals surface area contributed by atoms with Crippen LogP contribution in [0, 0.1) is 5.82 Å². The smallest absolute Gasteiger partial charge is 0.261 e. The van der Waals surface area contributed by atoms with Gasteiger partial charge < -0.3 is 19.7 Å². The van der Waals surface area contributed by atoms with Crippen LogP contribution in [0.15, 0.2) is 48.5 Å². The molecule has 1 aliphatic carbocycles. The third-order valence-corrected chi connectivity index (χ3v) is 5.75. The van der Waals surface area contributed by atoms with Crippen molar-refractivity contribution in [2.24, 2.45) is 0 Å². The maximum Gasteiger partial charge on any atom is 0.261 e. The topological polar surface area (TPSA) is 67.9 Å². The van der Waals surface area contributed by atoms with Gasteiger partial charge in [-0.25, -0.2) is 4.39 Å². The summed E-state index contributed by atoms with van der Waals surface area (Å²) < 4.78 is 24.0. The van der Waals surface area contributed by atoms with Gasteiger partial charge in [-0.3, -0.25) is 9.59 Å². The Kier molecular flexibility index (Phi) is 8.48. The predicted molar refractivity (Wildman–Crippen MR) is 120 cm³/mol. The summed E-state index contributed by atoms with van der Waals surface area (Å²) in [4.78, 5) is 27.8. The number of hydrogen-bond acceptors (Lipinski definition) is 4. The number of benzene rings is 2. The second kappa shape index (κ2) is 11.5. The molecular weight excluding hydrogens is 411 g/mol. The molecule has 172 valence electrons. The van der Waals surface area contributed by atoms with E-state index in [9.17, 15) is 14.0 Å². The van der Waals surface area contributed by atoms with Crippen LogP contribution in [-0.4, -0.2) is 42.5 Å². The molecule has 7 heteroatoms. The molecule has 0 bridgehead atoms. The van der Waals surface area contributed by atoms with Crippen LogP contribution >= 0.6 is 0 Å². The van der Waals surface area contributed by atoms with Gasteiger partial charge in [0.05, 0.1) is 7.11 Å². The van der Waals surface area contributed by atoms with Gasteiger partial charge in [0, 0.05) is 12.6 Å². The second-order valence-corrected chi connectivity index (χ2v) is 8.03. The van der Waals surface area contributed by atoms with Gasteiger partial charge >= 0.3 is 0 Å². The van der Waals surface area contributed by atoms with Crippen LogP contribution in [0.5, 0.6) is 11.5 Å². The summed E-state index contributed by atoms with van der Waals surface area (Å²) in [5.41, 5.74) is 0.853. The molecule has 3 rings (SSSR count). The van der Waals surface area contributed by atoms with E-state index in [0.717, 1.165) is 31.2 Å². The van der Waals surface area contributed by atoms with Crippen LogP contribution in [0.4, 0.5) is 4.39 Å². The van der Waals surface area contributed by atoms with Crippen molar-refractivity contribution in [1.82, 2.24) is 10.2 Å². The molecule has 0 saturated heterocycles. The summed E-state index contributed by atoms with van der Waals surface area (Å²) >= 11 is 0. The molecule has 1 N–H and O–H groups in total. The molecule has 1 unspecified atom stereocenters. The zero-order valence-corrected chi connectivity index (χ0v) is 18.7. The molecule has 0 aliphatic heterocycles. The third kappa shape index (κ3) is 6.45. The molecule has 0 spiro atoms. The molecule has 32 heavy (non-hydrogen) atoms. The van der Waals surface area contributed by atoms with E-state index in [1.165, 1.54) is 24.3 Å². The molecule has 0 radical (unpaired) electrons. The Hall–Kier alpha value is -3.09. The highest BCUT2D eigenvalue weighted by Crippen LogP contribution is 2.21. The van der Waals surface area contributed by atoms with Gasteiger partial charge in [0.2, 0.25) is 5.91 Å². The highest BCUT2D eigenvalue weighted by atomic mass is 19.1. The van der Waals surface area contributed by atoms with Crippen molar-refractivity contribution < 1.29 is 23.5 Å². The monoisotopic (exact) mass is 442 g/mol. The Labute approximate surface area is 188 Å². The Balaban J connectivity index is 1.76. The fourth-order valence-electron chi connectivity index (χ4n) is 4.01. The molecule has 1 saturated carbocycles. The van der Waals surface area contributed by atoms with Gasteiger partial charge in [0.1, 0.15) is 23.4 Å². The van der Waals surface area contributed by atoms with E-state index >= 15 is 0 Å². The van der Waals surface area contributed by atoms with Crippen LogP contribution in [0.2, 0.25) is 0 Å². The van der Waals surface area contributed by atoms with E-state index < -0.39 is 6.04 Å². The summed E-state index contributed by atoms with van der Waals surface area (Å²) in [5.74, 6) is 0.242. The number of ether oxygens (including phenoxy) is 2. The normalized spacial score (nSPS) is 14.6. The van der Waals surface area contributed by atoms with Crippen molar-refractivity contribution in [3.8, 4) is 11.5 Å². The third-order valence-electron chi connectivity index (χ3n) is 5.75. The Morgan fingerprint density at radius 3 is 2.50 bits per heavy atom. The van der Waals surface area contributed by atoms with Crippen LogP contribution in [0.3, 0.4) is 0 Å². The van der Waals surface area contributed by atoms with Gasteiger partial charge in [-0.2, -0.15) is 0 Å². The van der Waals surface area contributed by atoms with Crippen LogP contribution < -0.4 is 14.8 Å². The lowest BCUT2D eigenvalue weighted by Crippen LogP contribution is -2.52. The van der Waals surface area contributed by atoms with E-state index in [1.54, 1.807) is 12.0 Å². The quantitative estimate of drug-likeness (QED) is 0.602. The predicted octanol–water partition coefficient (Wildman–Crippen LogP) is 4.08. The molecule has 0 heterocycles. The lowest BCUT2D eigenvalue weighted by atomic mass is 10.1. The molecule has 2 aromatic carbocycles. The van der Waals surface area contributed by atoms with Gasteiger partial charge in [0.25, 0.3) is 5.91 Å². The molecule has 1 atom stereocenters. The summed E-state index contributed by atoms with van der Waals surface area (Å²) in [6.07, 6.45) is 4.64. The van der Waals surface area contributed by atoms with Crippen molar-refractivity contribution in [3.63, 3.8) is 0 Å². The molecular formula is C25H31FN2O4. The highest BCUT2D eigenvalue weighted by molar-refractivity contribution is 5.88. The fourth-order valence-corrected chi connectivity index (χ4v) is 4.01. The van der Waals surface area contributed by atoms with Gasteiger partial charge in [-0.05, 0) is 61.2 Å². The number of carbonyl (C=O) groups excluding carboxylic acids is 2. The minimum absolute atomic E-state index is 0.141. The van der Waals surface area contributed by atoms with Crippen LogP contribution in [-0.2, 0) is 16.1 Å². The lowest BCUT2D eigenvalue weighted by Gasteiger charge is -2.31. The number of halogens is 1. The van der Waals surface area contributed by atoms with Crippen LogP contribution in [0.25, 0.3) is 0 Å². The van der Waals surface area contributed by atoms with Gasteiger partial charge in [-0.1, -0.05) is 31.9 Å². The fraction of sp³-hybridized carbons (Fsp3) is 0.440. The number of rotatable bonds is 10. The number of methoxy groups -OCH3 is 1. The summed E-state index contributed by atoms with van der Waals surface area (Å²) in [5, 5.41) is 3.11. The van der Waals surface area contributed by atoms with Crippen molar-refractivity contribution >= 4 is 11.8 Å². The first-order valence-corrected chi connectivity index (χ1v) is 11.1. The molecule has 0 aromatic heterocycles. The minimum atomic E-state index is -0.619. The Morgan fingerprint density at radius 2 is 1.84 bits per heavy atom. The Bertz CT molecular complexity index is 897. The second-order valence-electron chi connectivity index (χ2n) is 8.03. The average molecular weight is 443 g/mol. The van der Waals surface area contributed by atoms with Gasteiger partial charge in [0.15, 0.2) is 6.61 Å². The maximum atomic E-state index is 13.2. The standard InChI is InChI=1S/C25H31FN2O4/c1-3-23(25(30)27-20-8-4-5-9-20)28(16-18-7-6-10-22(15-18)31-2)24(29)17-32-21-13-11-19(26)12-14-21/h6-7,10-15,20,23H,3-5,8-9,16-17H2,1-2H3,(H,27,30). The highest BCUT2D eigenvalue weighted by Gasteiger charge is 2.31. The van der Waals surface area contributed by atoms with E-state index in [2.05, 4.69) is 5.32 Å². The maximum absolute atomic E-state index is 13.2. The first-order valence-electron chi connectivity index (χ1n) is 11.1. The largest absolute Gasteiger partial charge is 0.497 e. The van der Waals surface area contributed by atoms with E-state index in [0.29, 0.717) is 17.9 Å². The SMILES string of the molecule is CCC(C(=O)NC1CCCC1)N(Cc1cccc(OC)c1)C(=O)COc1ccc(F)cc1. The minimum Gasteiger partial charge on any atom is -0.497 e. The van der Waals surface area contributed by atoms with Crippen molar-refractivity contribution in [2.75, 3.05) is 13.7 Å². The summed E-state index contributed by atoms with van der Waals surface area (Å²) in [6, 6.07) is 12.5. The van der Waals surface area contributed by atoms with E-state index in [-0.39, 0.29) is 36.8 Å². The molecule has 1 fully saturated rings. The summed E-state index contributed by atoms with van der Waals surface area (Å²) in [6.45, 7) is 1.90. The lowest BCUT2D eigenvalue weighted by molar-refractivity contribution is -0.143.